The fraction of sp³-hybridized carbons (Fsp3) is 0.125. The third kappa shape index (κ3) is 3.14. The number of aromatic amines is 1. The summed E-state index contributed by atoms with van der Waals surface area (Å²) >= 11 is 0. The van der Waals surface area contributed by atoms with Crippen molar-refractivity contribution in [1.29, 1.82) is 0 Å². The monoisotopic (exact) mass is 209 g/mol. The fourth-order valence-electron chi connectivity index (χ4n) is 0.714. The second-order valence-electron chi connectivity index (χ2n) is 2.42. The molecule has 0 spiro atoms. The van der Waals surface area contributed by atoms with Crippen LogP contribution in [0, 0.1) is 0 Å². The van der Waals surface area contributed by atoms with Gasteiger partial charge in [0.2, 0.25) is 0 Å². The molecule has 78 valence electrons. The second-order valence-corrected chi connectivity index (χ2v) is 2.42. The lowest BCUT2D eigenvalue weighted by atomic mass is 10.4. The van der Waals surface area contributed by atoms with Crippen LogP contribution in [0.15, 0.2) is 22.2 Å². The number of H-pyrrole nitrogens is 1. The largest absolute Gasteiger partial charge is 0.415 e. The highest BCUT2D eigenvalue weighted by atomic mass is 16.5. The molecule has 1 aromatic heterocycles. The number of aromatic nitrogens is 2. The fourth-order valence-corrected chi connectivity index (χ4v) is 0.714. The molecule has 7 nitrogen and oxygen atoms in total. The van der Waals surface area contributed by atoms with Crippen molar-refractivity contribution in [3.8, 4) is 0 Å². The zero-order valence-electron chi connectivity index (χ0n) is 7.76. The van der Waals surface area contributed by atoms with E-state index >= 15 is 0 Å². The maximum atomic E-state index is 11.2. The first-order valence-corrected chi connectivity index (χ1v) is 3.89. The highest BCUT2D eigenvalue weighted by Crippen LogP contribution is 1.87. The molecular weight excluding hydrogens is 202 g/mol. The lowest BCUT2D eigenvalue weighted by molar-refractivity contribution is -0.132. The van der Waals surface area contributed by atoms with Gasteiger partial charge in [-0.3, -0.25) is 14.4 Å². The summed E-state index contributed by atoms with van der Waals surface area (Å²) in [6.45, 7) is 1.16. The first-order chi connectivity index (χ1) is 7.11. The molecule has 1 N–H and O–H groups in total. The Morgan fingerprint density at radius 1 is 1.60 bits per heavy atom. The molecular formula is C8H7N3O4. The highest BCUT2D eigenvalue weighted by molar-refractivity contribution is 5.97. The number of carbonyl (C=O) groups is 2. The van der Waals surface area contributed by atoms with Crippen LogP contribution in [0.5, 0.6) is 0 Å². The van der Waals surface area contributed by atoms with Crippen molar-refractivity contribution in [3.05, 3.63) is 28.4 Å². The first kappa shape index (κ1) is 10.8. The van der Waals surface area contributed by atoms with Gasteiger partial charge in [-0.05, 0) is 0 Å². The number of amides is 1. The van der Waals surface area contributed by atoms with Gasteiger partial charge in [0.05, 0.1) is 0 Å². The van der Waals surface area contributed by atoms with E-state index in [4.69, 9.17) is 0 Å². The molecule has 1 rings (SSSR count). The smallest absolute Gasteiger partial charge is 0.308 e. The first-order valence-electron chi connectivity index (χ1n) is 3.89. The van der Waals surface area contributed by atoms with Crippen LogP contribution in [0.3, 0.4) is 0 Å². The lowest BCUT2D eigenvalue weighted by Crippen LogP contribution is -2.18. The van der Waals surface area contributed by atoms with Crippen LogP contribution in [0.1, 0.15) is 17.4 Å². The summed E-state index contributed by atoms with van der Waals surface area (Å²) < 4.78 is 4.28. The summed E-state index contributed by atoms with van der Waals surface area (Å²) in [5.74, 6) is -1.49. The standard InChI is InChI=1S/C8H7N3O4/c1-5(12)15-4-11-8(14)6-7(13)10-3-2-9-6/h2-4H,1H3,(H,10,13). The van der Waals surface area contributed by atoms with E-state index in [0.717, 1.165) is 6.92 Å². The Hall–Kier alpha value is -2.31. The molecule has 0 fully saturated rings. The zero-order chi connectivity index (χ0) is 11.3. The van der Waals surface area contributed by atoms with Crippen LogP contribution < -0.4 is 5.56 Å². The van der Waals surface area contributed by atoms with E-state index in [1.165, 1.54) is 12.4 Å². The third-order valence-electron chi connectivity index (χ3n) is 1.30. The predicted octanol–water partition coefficient (Wildman–Crippen LogP) is -0.498. The van der Waals surface area contributed by atoms with E-state index in [0.29, 0.717) is 6.40 Å². The Bertz CT molecular complexity index is 463. The van der Waals surface area contributed by atoms with Crippen molar-refractivity contribution in [2.75, 3.05) is 0 Å². The minimum absolute atomic E-state index is 0.360. The van der Waals surface area contributed by atoms with E-state index in [1.807, 2.05) is 0 Å². The molecule has 0 bridgehead atoms. The van der Waals surface area contributed by atoms with Gasteiger partial charge < -0.3 is 9.72 Å². The molecule has 15 heavy (non-hydrogen) atoms. The Balaban J connectivity index is 2.78. The third-order valence-corrected chi connectivity index (χ3v) is 1.30. The minimum atomic E-state index is -0.877. The summed E-state index contributed by atoms with van der Waals surface area (Å²) in [5.41, 5.74) is -1.01. The van der Waals surface area contributed by atoms with E-state index in [2.05, 4.69) is 19.7 Å². The van der Waals surface area contributed by atoms with Crippen molar-refractivity contribution in [2.24, 2.45) is 4.99 Å². The molecule has 0 aromatic carbocycles. The topological polar surface area (TPSA) is 101 Å². The van der Waals surface area contributed by atoms with Gasteiger partial charge in [-0.1, -0.05) is 0 Å². The molecule has 0 unspecified atom stereocenters. The van der Waals surface area contributed by atoms with Crippen LogP contribution in [-0.2, 0) is 9.53 Å². The number of nitrogens with zero attached hydrogens (tertiary/aromatic N) is 2. The van der Waals surface area contributed by atoms with Crippen LogP contribution in [0.25, 0.3) is 0 Å². The molecule has 0 saturated heterocycles. The second kappa shape index (κ2) is 4.80. The maximum Gasteiger partial charge on any atom is 0.308 e. The summed E-state index contributed by atoms with van der Waals surface area (Å²) in [4.78, 5) is 41.5. The Labute approximate surface area is 83.8 Å². The molecule has 0 saturated carbocycles. The molecule has 0 aliphatic rings. The van der Waals surface area contributed by atoms with E-state index in [1.54, 1.807) is 0 Å². The predicted molar refractivity (Wildman–Crippen MR) is 49.4 cm³/mol. The number of rotatable bonds is 2. The average Bonchev–Trinajstić information content (AvgIpc) is 2.17. The minimum Gasteiger partial charge on any atom is -0.415 e. The quantitative estimate of drug-likeness (QED) is 0.402. The summed E-state index contributed by atoms with van der Waals surface area (Å²) in [6, 6.07) is 0. The number of aliphatic imine (C=N–C) groups is 1. The van der Waals surface area contributed by atoms with Gasteiger partial charge in [-0.25, -0.2) is 4.98 Å². The zero-order valence-corrected chi connectivity index (χ0v) is 7.76. The lowest BCUT2D eigenvalue weighted by Gasteiger charge is -1.91. The number of hydrogen-bond donors (Lipinski definition) is 1. The molecule has 1 heterocycles. The summed E-state index contributed by atoms with van der Waals surface area (Å²) in [7, 11) is 0. The molecule has 0 aliphatic heterocycles. The van der Waals surface area contributed by atoms with Gasteiger partial charge in [-0.15, -0.1) is 0 Å². The van der Waals surface area contributed by atoms with Crippen molar-refractivity contribution < 1.29 is 14.3 Å². The van der Waals surface area contributed by atoms with E-state index in [9.17, 15) is 14.4 Å². The summed E-state index contributed by atoms with van der Waals surface area (Å²) in [5, 5.41) is 0. The average molecular weight is 209 g/mol. The molecule has 1 aromatic rings. The van der Waals surface area contributed by atoms with Crippen molar-refractivity contribution >= 4 is 18.3 Å². The van der Waals surface area contributed by atoms with Crippen LogP contribution >= 0.6 is 0 Å². The molecule has 1 amide bonds. The molecule has 0 radical (unpaired) electrons. The van der Waals surface area contributed by atoms with Gasteiger partial charge in [-0.2, -0.15) is 4.99 Å². The SMILES string of the molecule is CC(=O)OC=NC(=O)c1ncc[nH]c1=O. The van der Waals surface area contributed by atoms with Gasteiger partial charge in [0, 0.05) is 19.3 Å². The Kier molecular flexibility index (Phi) is 3.44. The Morgan fingerprint density at radius 2 is 2.33 bits per heavy atom. The van der Waals surface area contributed by atoms with E-state index in [-0.39, 0.29) is 5.69 Å². The van der Waals surface area contributed by atoms with Gasteiger partial charge in [0.15, 0.2) is 12.1 Å². The van der Waals surface area contributed by atoms with Crippen LogP contribution in [-0.4, -0.2) is 28.2 Å². The normalized spacial score (nSPS) is 10.2. The van der Waals surface area contributed by atoms with Gasteiger partial charge in [0.1, 0.15) is 0 Å². The maximum absolute atomic E-state index is 11.2. The molecule has 7 heteroatoms. The van der Waals surface area contributed by atoms with Crippen molar-refractivity contribution in [1.82, 2.24) is 9.97 Å². The number of nitrogens with one attached hydrogen (secondary N) is 1. The van der Waals surface area contributed by atoms with Gasteiger partial charge >= 0.3 is 11.9 Å². The molecule has 0 aliphatic carbocycles. The highest BCUT2D eigenvalue weighted by Gasteiger charge is 2.09. The number of hydrogen-bond acceptors (Lipinski definition) is 5. The van der Waals surface area contributed by atoms with Crippen molar-refractivity contribution in [3.63, 3.8) is 0 Å². The molecule has 0 atom stereocenters. The Morgan fingerprint density at radius 3 is 2.93 bits per heavy atom. The van der Waals surface area contributed by atoms with Crippen LogP contribution in [0.4, 0.5) is 0 Å². The summed E-state index contributed by atoms with van der Waals surface area (Å²) in [6.07, 6.45) is 3.20. The van der Waals surface area contributed by atoms with Crippen LogP contribution in [0.2, 0.25) is 0 Å². The van der Waals surface area contributed by atoms with Crippen molar-refractivity contribution in [2.45, 2.75) is 6.92 Å². The van der Waals surface area contributed by atoms with E-state index < -0.39 is 17.4 Å². The number of ether oxygens (including phenoxy) is 1. The number of carbonyl (C=O) groups excluding carboxylic acids is 2. The van der Waals surface area contributed by atoms with Gasteiger partial charge in [0.25, 0.3) is 5.56 Å². The number of esters is 1.